The van der Waals surface area contributed by atoms with Gasteiger partial charge in [0.25, 0.3) is 11.6 Å². The lowest BCUT2D eigenvalue weighted by Gasteiger charge is -2.15. The molecular weight excluding hydrogens is 366 g/mol. The minimum atomic E-state index is -1.85. The molecule has 0 atom stereocenters. The highest BCUT2D eigenvalue weighted by atomic mass is 35.5. The molecule has 0 saturated carbocycles. The molecule has 1 aromatic rings. The van der Waals surface area contributed by atoms with Crippen LogP contribution < -0.4 is 11.2 Å². The van der Waals surface area contributed by atoms with E-state index in [1.165, 1.54) is 0 Å². The molecule has 0 aliphatic carbocycles. The normalized spacial score (nSPS) is 10.9. The Bertz CT molecular complexity index is 1040. The smallest absolute Gasteiger partial charge is 0.328 e. The molecule has 0 saturated heterocycles. The van der Waals surface area contributed by atoms with Crippen molar-refractivity contribution in [2.24, 2.45) is 0 Å². The largest absolute Gasteiger partial charge is 0.352 e. The second-order valence-corrected chi connectivity index (χ2v) is 5.88. The highest BCUT2D eigenvalue weighted by molar-refractivity contribution is 6.29. The second-order valence-electron chi connectivity index (χ2n) is 5.50. The summed E-state index contributed by atoms with van der Waals surface area (Å²) in [5.41, 5.74) is -0.284. The Labute approximate surface area is 151 Å². The number of pyridine rings is 2. The number of aromatic nitrogens is 4. The molecule has 0 amide bonds. The first kappa shape index (κ1) is 17.9. The fourth-order valence-corrected chi connectivity index (χ4v) is 2.65. The van der Waals surface area contributed by atoms with Gasteiger partial charge in [-0.3, -0.25) is 9.36 Å². The van der Waals surface area contributed by atoms with Crippen molar-refractivity contribution in [1.82, 2.24) is 19.1 Å². The van der Waals surface area contributed by atoms with Gasteiger partial charge in [0, 0.05) is 18.9 Å². The van der Waals surface area contributed by atoms with Crippen LogP contribution in [-0.2, 0) is 13.1 Å². The molecule has 0 unspecified atom stereocenters. The van der Waals surface area contributed by atoms with Crippen LogP contribution in [0.25, 0.3) is 11.4 Å². The summed E-state index contributed by atoms with van der Waals surface area (Å²) in [6.45, 7) is 0.182. The van der Waals surface area contributed by atoms with Gasteiger partial charge in [0.2, 0.25) is 0 Å². The topological polar surface area (TPSA) is 69.8 Å². The lowest BCUT2D eigenvalue weighted by atomic mass is 10.2. The summed E-state index contributed by atoms with van der Waals surface area (Å²) >= 11 is 5.76. The summed E-state index contributed by atoms with van der Waals surface area (Å²) in [5, 5.41) is 0.360. The van der Waals surface area contributed by atoms with Gasteiger partial charge in [-0.1, -0.05) is 17.7 Å². The second kappa shape index (κ2) is 7.57. The average Bonchev–Trinajstić information content (AvgIpc) is 2.60. The van der Waals surface area contributed by atoms with E-state index in [1.54, 1.807) is 41.2 Å². The molecule has 0 bridgehead atoms. The third-order valence-electron chi connectivity index (χ3n) is 3.74. The van der Waals surface area contributed by atoms with E-state index < -0.39 is 17.3 Å². The fourth-order valence-electron chi connectivity index (χ4n) is 2.54. The highest BCUT2D eigenvalue weighted by Gasteiger charge is 2.16. The molecule has 0 N–H and O–H groups in total. The molecule has 26 heavy (non-hydrogen) atoms. The van der Waals surface area contributed by atoms with Gasteiger partial charge in [-0.15, -0.1) is 0 Å². The Morgan fingerprint density at radius 1 is 1.23 bits per heavy atom. The quantitative estimate of drug-likeness (QED) is 0.640. The van der Waals surface area contributed by atoms with Crippen LogP contribution in [0.3, 0.4) is 0 Å². The molecule has 134 valence electrons. The maximum Gasteiger partial charge on any atom is 0.352 e. The maximum atomic E-state index is 12.5. The van der Waals surface area contributed by atoms with Gasteiger partial charge in [0.15, 0.2) is 5.82 Å². The van der Waals surface area contributed by atoms with E-state index in [0.29, 0.717) is 17.8 Å². The molecule has 0 radical (unpaired) electrons. The van der Waals surface area contributed by atoms with Gasteiger partial charge in [-0.25, -0.2) is 9.78 Å². The number of fused-ring (bicyclic) bond motifs is 1. The number of hydrogen-bond donors (Lipinski definition) is 0. The summed E-state index contributed by atoms with van der Waals surface area (Å²) in [5.74, 6) is 0.223. The summed E-state index contributed by atoms with van der Waals surface area (Å²) in [6.07, 6.45) is 1.95. The van der Waals surface area contributed by atoms with Crippen molar-refractivity contribution in [3.8, 4) is 11.4 Å². The van der Waals surface area contributed by atoms with Crippen LogP contribution in [0.15, 0.2) is 58.4 Å². The van der Waals surface area contributed by atoms with Crippen molar-refractivity contribution in [2.45, 2.75) is 19.5 Å². The molecule has 3 heterocycles. The lowest BCUT2D eigenvalue weighted by molar-refractivity contribution is 0.415. The molecule has 6 nitrogen and oxygen atoms in total. The molecule has 0 aromatic carbocycles. The molecule has 0 spiro atoms. The van der Waals surface area contributed by atoms with Crippen LogP contribution >= 0.6 is 11.6 Å². The number of allylic oxidation sites excluding steroid dienone is 1. The van der Waals surface area contributed by atoms with Gasteiger partial charge in [0.1, 0.15) is 5.15 Å². The van der Waals surface area contributed by atoms with Gasteiger partial charge in [-0.05, 0) is 36.3 Å². The number of halogens is 3. The van der Waals surface area contributed by atoms with Crippen molar-refractivity contribution in [1.29, 1.82) is 0 Å². The lowest BCUT2D eigenvalue weighted by Crippen LogP contribution is -2.38. The third kappa shape index (κ3) is 3.85. The van der Waals surface area contributed by atoms with Crippen molar-refractivity contribution >= 4 is 11.6 Å². The maximum absolute atomic E-state index is 12.5. The van der Waals surface area contributed by atoms with Gasteiger partial charge in [-0.2, -0.15) is 13.8 Å². The highest BCUT2D eigenvalue weighted by Crippen LogP contribution is 2.15. The first-order chi connectivity index (χ1) is 12.5. The summed E-state index contributed by atoms with van der Waals surface area (Å²) in [6, 6.07) is 6.62. The van der Waals surface area contributed by atoms with Gasteiger partial charge < -0.3 is 4.57 Å². The van der Waals surface area contributed by atoms with Crippen LogP contribution in [-0.4, -0.2) is 19.1 Å². The van der Waals surface area contributed by atoms with E-state index in [-0.39, 0.29) is 24.4 Å². The Balaban J connectivity index is 2.00. The van der Waals surface area contributed by atoms with E-state index in [2.05, 4.69) is 9.97 Å². The molecule has 0 fully saturated rings. The van der Waals surface area contributed by atoms with E-state index >= 15 is 0 Å². The Morgan fingerprint density at radius 2 is 2.04 bits per heavy atom. The SMILES string of the molecule is O=c1nc2n(Cc3ccc(Cl)nc3)cccc-2c(=O)n1CCC=C(F)F. The fraction of sp³-hybridized carbons (Fsp3) is 0.176. The van der Waals surface area contributed by atoms with Crippen molar-refractivity contribution < 1.29 is 8.78 Å². The Hall–Kier alpha value is -2.87. The number of nitrogens with zero attached hydrogens (tertiary/aromatic N) is 4. The van der Waals surface area contributed by atoms with Crippen molar-refractivity contribution in [3.05, 3.63) is 80.4 Å². The molecule has 3 rings (SSSR count). The van der Waals surface area contributed by atoms with E-state index in [1.807, 2.05) is 0 Å². The monoisotopic (exact) mass is 378 g/mol. The molecule has 1 aromatic heterocycles. The third-order valence-corrected chi connectivity index (χ3v) is 3.97. The number of rotatable bonds is 5. The average molecular weight is 379 g/mol. The van der Waals surface area contributed by atoms with E-state index in [4.69, 9.17) is 11.6 Å². The van der Waals surface area contributed by atoms with Gasteiger partial charge >= 0.3 is 5.69 Å². The minimum Gasteiger partial charge on any atom is -0.328 e. The Morgan fingerprint density at radius 3 is 2.73 bits per heavy atom. The summed E-state index contributed by atoms with van der Waals surface area (Å²) < 4.78 is 26.8. The summed E-state index contributed by atoms with van der Waals surface area (Å²) in [4.78, 5) is 32.7. The molecule has 2 aliphatic rings. The van der Waals surface area contributed by atoms with E-state index in [9.17, 15) is 18.4 Å². The summed E-state index contributed by atoms with van der Waals surface area (Å²) in [7, 11) is 0. The Kier molecular flexibility index (Phi) is 5.22. The van der Waals surface area contributed by atoms with Crippen LogP contribution in [0.1, 0.15) is 12.0 Å². The molecule has 2 aliphatic heterocycles. The predicted molar refractivity (Wildman–Crippen MR) is 92.6 cm³/mol. The zero-order chi connectivity index (χ0) is 18.7. The zero-order valence-corrected chi connectivity index (χ0v) is 14.2. The standard InChI is InChI=1S/C17H13ClF2N4O2/c18-13-6-5-11(9-21-13)10-23-7-1-3-12-15(23)22-17(26)24(16(12)25)8-2-4-14(19)20/h1,3-7,9H,2,8,10H2. The van der Waals surface area contributed by atoms with Crippen LogP contribution in [0, 0.1) is 0 Å². The van der Waals surface area contributed by atoms with Crippen molar-refractivity contribution in [2.75, 3.05) is 0 Å². The van der Waals surface area contributed by atoms with Gasteiger partial charge in [0.05, 0.1) is 12.1 Å². The van der Waals surface area contributed by atoms with Crippen LogP contribution in [0.4, 0.5) is 8.78 Å². The minimum absolute atomic E-state index is 0.131. The molecule has 9 heteroatoms. The van der Waals surface area contributed by atoms with Crippen LogP contribution in [0.2, 0.25) is 5.15 Å². The first-order valence-electron chi connectivity index (χ1n) is 7.67. The first-order valence-corrected chi connectivity index (χ1v) is 8.05. The van der Waals surface area contributed by atoms with E-state index in [0.717, 1.165) is 10.1 Å². The van der Waals surface area contributed by atoms with Crippen LogP contribution in [0.5, 0.6) is 0 Å². The zero-order valence-electron chi connectivity index (χ0n) is 13.4. The molecular formula is C17H13ClF2N4O2. The number of hydrogen-bond acceptors (Lipinski definition) is 4. The predicted octanol–water partition coefficient (Wildman–Crippen LogP) is 2.78. The van der Waals surface area contributed by atoms with Crippen molar-refractivity contribution in [3.63, 3.8) is 0 Å².